The SMILES string of the molecule is O=C(O)c1nn(-c2cccc(F)c2F)c2c1COCC2. The molecule has 0 spiro atoms. The van der Waals surface area contributed by atoms with Gasteiger partial charge < -0.3 is 9.84 Å². The van der Waals surface area contributed by atoms with E-state index in [0.29, 0.717) is 24.3 Å². The van der Waals surface area contributed by atoms with Crippen LogP contribution in [0, 0.1) is 11.6 Å². The van der Waals surface area contributed by atoms with Gasteiger partial charge in [-0.3, -0.25) is 0 Å². The first-order valence-corrected chi connectivity index (χ1v) is 5.95. The molecule has 0 radical (unpaired) electrons. The van der Waals surface area contributed by atoms with Crippen molar-refractivity contribution in [3.8, 4) is 5.69 Å². The van der Waals surface area contributed by atoms with Crippen LogP contribution in [-0.4, -0.2) is 27.5 Å². The van der Waals surface area contributed by atoms with Gasteiger partial charge in [0.2, 0.25) is 0 Å². The zero-order valence-corrected chi connectivity index (χ0v) is 10.3. The predicted molar refractivity (Wildman–Crippen MR) is 63.8 cm³/mol. The Morgan fingerprint density at radius 2 is 2.20 bits per heavy atom. The maximum absolute atomic E-state index is 13.9. The molecular weight excluding hydrogens is 270 g/mol. The van der Waals surface area contributed by atoms with Crippen molar-refractivity contribution < 1.29 is 23.4 Å². The molecule has 0 atom stereocenters. The first-order chi connectivity index (χ1) is 9.59. The fraction of sp³-hybridized carbons (Fsp3) is 0.231. The molecule has 0 fully saturated rings. The highest BCUT2D eigenvalue weighted by Gasteiger charge is 2.27. The summed E-state index contributed by atoms with van der Waals surface area (Å²) in [6.07, 6.45) is 0.394. The molecule has 0 saturated heterocycles. The monoisotopic (exact) mass is 280 g/mol. The van der Waals surface area contributed by atoms with Crippen molar-refractivity contribution in [3.63, 3.8) is 0 Å². The van der Waals surface area contributed by atoms with Crippen LogP contribution in [0.5, 0.6) is 0 Å². The fourth-order valence-electron chi connectivity index (χ4n) is 2.26. The number of carboxylic acids is 1. The van der Waals surface area contributed by atoms with Crippen molar-refractivity contribution in [1.82, 2.24) is 9.78 Å². The number of aromatic carboxylic acids is 1. The highest BCUT2D eigenvalue weighted by Crippen LogP contribution is 2.25. The van der Waals surface area contributed by atoms with Gasteiger partial charge in [0.25, 0.3) is 0 Å². The van der Waals surface area contributed by atoms with Crippen LogP contribution in [0.3, 0.4) is 0 Å². The van der Waals surface area contributed by atoms with E-state index >= 15 is 0 Å². The summed E-state index contributed by atoms with van der Waals surface area (Å²) >= 11 is 0. The smallest absolute Gasteiger partial charge is 0.356 e. The lowest BCUT2D eigenvalue weighted by Gasteiger charge is -2.15. The Morgan fingerprint density at radius 1 is 1.40 bits per heavy atom. The highest BCUT2D eigenvalue weighted by molar-refractivity contribution is 5.87. The lowest BCUT2D eigenvalue weighted by molar-refractivity contribution is 0.0677. The molecule has 0 saturated carbocycles. The van der Waals surface area contributed by atoms with E-state index in [1.54, 1.807) is 0 Å². The first kappa shape index (κ1) is 12.7. The predicted octanol–water partition coefficient (Wildman–Crippen LogP) is 1.92. The number of ether oxygens (including phenoxy) is 1. The Labute approximate surface area is 112 Å². The minimum absolute atomic E-state index is 0.101. The molecule has 20 heavy (non-hydrogen) atoms. The van der Waals surface area contributed by atoms with Gasteiger partial charge in [-0.25, -0.2) is 18.3 Å². The van der Waals surface area contributed by atoms with Crippen LogP contribution in [0.4, 0.5) is 8.78 Å². The summed E-state index contributed by atoms with van der Waals surface area (Å²) in [7, 11) is 0. The molecule has 2 aromatic rings. The lowest BCUT2D eigenvalue weighted by atomic mass is 10.1. The number of hydrogen-bond donors (Lipinski definition) is 1. The third kappa shape index (κ3) is 1.87. The van der Waals surface area contributed by atoms with Gasteiger partial charge in [0.15, 0.2) is 17.3 Å². The molecule has 1 aliphatic rings. The molecule has 0 aliphatic carbocycles. The van der Waals surface area contributed by atoms with Crippen LogP contribution in [-0.2, 0) is 17.8 Å². The van der Waals surface area contributed by atoms with Gasteiger partial charge in [-0.05, 0) is 12.1 Å². The molecule has 1 aromatic carbocycles. The van der Waals surface area contributed by atoms with Crippen molar-refractivity contribution >= 4 is 5.97 Å². The van der Waals surface area contributed by atoms with Crippen molar-refractivity contribution in [2.45, 2.75) is 13.0 Å². The summed E-state index contributed by atoms with van der Waals surface area (Å²) in [6, 6.07) is 3.70. The minimum atomic E-state index is -1.22. The lowest BCUT2D eigenvalue weighted by Crippen LogP contribution is -2.14. The van der Waals surface area contributed by atoms with E-state index in [1.807, 2.05) is 0 Å². The van der Waals surface area contributed by atoms with Crippen LogP contribution in [0.25, 0.3) is 5.69 Å². The van der Waals surface area contributed by atoms with Gasteiger partial charge in [-0.15, -0.1) is 0 Å². The van der Waals surface area contributed by atoms with Crippen molar-refractivity contribution in [3.05, 3.63) is 46.8 Å². The van der Waals surface area contributed by atoms with E-state index < -0.39 is 17.6 Å². The van der Waals surface area contributed by atoms with Crippen molar-refractivity contribution in [1.29, 1.82) is 0 Å². The zero-order valence-electron chi connectivity index (χ0n) is 10.3. The Kier molecular flexibility index (Phi) is 2.98. The number of benzene rings is 1. The topological polar surface area (TPSA) is 64.3 Å². The van der Waals surface area contributed by atoms with E-state index in [4.69, 9.17) is 9.84 Å². The number of nitrogens with zero attached hydrogens (tertiary/aromatic N) is 2. The highest BCUT2D eigenvalue weighted by atomic mass is 19.2. The molecule has 3 rings (SSSR count). The Morgan fingerprint density at radius 3 is 2.95 bits per heavy atom. The quantitative estimate of drug-likeness (QED) is 0.912. The Balaban J connectivity index is 2.24. The summed E-state index contributed by atoms with van der Waals surface area (Å²) in [6.45, 7) is 0.489. The summed E-state index contributed by atoms with van der Waals surface area (Å²) in [5.41, 5.74) is 0.657. The molecule has 104 valence electrons. The summed E-state index contributed by atoms with van der Waals surface area (Å²) in [5, 5.41) is 13.0. The van der Waals surface area contributed by atoms with Crippen LogP contribution in [0.2, 0.25) is 0 Å². The van der Waals surface area contributed by atoms with E-state index in [9.17, 15) is 13.6 Å². The zero-order chi connectivity index (χ0) is 14.3. The average molecular weight is 280 g/mol. The van der Waals surface area contributed by atoms with E-state index in [-0.39, 0.29) is 18.0 Å². The summed E-state index contributed by atoms with van der Waals surface area (Å²) < 4.78 is 33.5. The van der Waals surface area contributed by atoms with Gasteiger partial charge in [-0.1, -0.05) is 6.07 Å². The minimum Gasteiger partial charge on any atom is -0.476 e. The van der Waals surface area contributed by atoms with Crippen molar-refractivity contribution in [2.24, 2.45) is 0 Å². The van der Waals surface area contributed by atoms with Gasteiger partial charge in [0, 0.05) is 12.0 Å². The second-order valence-corrected chi connectivity index (χ2v) is 4.37. The van der Waals surface area contributed by atoms with E-state index in [0.717, 1.165) is 10.7 Å². The second-order valence-electron chi connectivity index (χ2n) is 4.37. The molecule has 1 aliphatic heterocycles. The number of rotatable bonds is 2. The second kappa shape index (κ2) is 4.68. The molecule has 5 nitrogen and oxygen atoms in total. The Hall–Kier alpha value is -2.28. The standard InChI is InChI=1S/C13H10F2N2O3/c14-8-2-1-3-10(11(8)15)17-9-4-5-20-6-7(9)12(16-17)13(18)19/h1-3H,4-6H2,(H,18,19). The third-order valence-corrected chi connectivity index (χ3v) is 3.18. The molecule has 0 bridgehead atoms. The van der Waals surface area contributed by atoms with Crippen LogP contribution in [0.15, 0.2) is 18.2 Å². The number of carboxylic acid groups (broad SMARTS) is 1. The van der Waals surface area contributed by atoms with Crippen LogP contribution in [0.1, 0.15) is 21.7 Å². The van der Waals surface area contributed by atoms with E-state index in [1.165, 1.54) is 12.1 Å². The van der Waals surface area contributed by atoms with E-state index in [2.05, 4.69) is 5.10 Å². The molecule has 7 heteroatoms. The van der Waals surface area contributed by atoms with Crippen LogP contribution >= 0.6 is 0 Å². The van der Waals surface area contributed by atoms with Crippen LogP contribution < -0.4 is 0 Å². The first-order valence-electron chi connectivity index (χ1n) is 5.95. The molecule has 0 amide bonds. The van der Waals surface area contributed by atoms with Gasteiger partial charge in [-0.2, -0.15) is 5.10 Å². The number of carbonyl (C=O) groups is 1. The Bertz CT molecular complexity index is 697. The molecule has 2 heterocycles. The van der Waals surface area contributed by atoms with Gasteiger partial charge in [0.05, 0.1) is 18.9 Å². The molecule has 0 unspecified atom stereocenters. The largest absolute Gasteiger partial charge is 0.476 e. The molecule has 1 aromatic heterocycles. The number of hydrogen-bond acceptors (Lipinski definition) is 3. The number of fused-ring (bicyclic) bond motifs is 1. The fourth-order valence-corrected chi connectivity index (χ4v) is 2.26. The summed E-state index contributed by atoms with van der Waals surface area (Å²) in [4.78, 5) is 11.2. The number of aromatic nitrogens is 2. The maximum atomic E-state index is 13.9. The maximum Gasteiger partial charge on any atom is 0.356 e. The average Bonchev–Trinajstić information content (AvgIpc) is 2.82. The third-order valence-electron chi connectivity index (χ3n) is 3.18. The molecule has 1 N–H and O–H groups in total. The normalized spacial score (nSPS) is 14.1. The van der Waals surface area contributed by atoms with Crippen molar-refractivity contribution in [2.75, 3.05) is 6.61 Å². The van der Waals surface area contributed by atoms with Gasteiger partial charge in [0.1, 0.15) is 5.69 Å². The number of halogens is 2. The van der Waals surface area contributed by atoms with Gasteiger partial charge >= 0.3 is 5.97 Å². The molecular formula is C13H10F2N2O3. The summed E-state index contributed by atoms with van der Waals surface area (Å²) in [5.74, 6) is -3.28.